The maximum absolute atomic E-state index is 12.0. The summed E-state index contributed by atoms with van der Waals surface area (Å²) in [5, 5.41) is 7.40. The van der Waals surface area contributed by atoms with Crippen LogP contribution in [0.4, 0.5) is 4.79 Å². The van der Waals surface area contributed by atoms with Crippen molar-refractivity contribution in [3.8, 4) is 0 Å². The zero-order valence-electron chi connectivity index (χ0n) is 13.9. The maximum atomic E-state index is 12.0. The first kappa shape index (κ1) is 15.9. The van der Waals surface area contributed by atoms with E-state index in [1.165, 1.54) is 30.2 Å². The number of para-hydroxylation sites is 1. The first-order valence-corrected chi connectivity index (χ1v) is 8.82. The Balaban J connectivity index is 1.40. The molecule has 4 heteroatoms. The highest BCUT2D eigenvalue weighted by Gasteiger charge is 2.22. The molecule has 1 aliphatic carbocycles. The van der Waals surface area contributed by atoms with Gasteiger partial charge in [0.2, 0.25) is 0 Å². The average Bonchev–Trinajstić information content (AvgIpc) is 2.97. The number of aryl methyl sites for hydroxylation is 1. The van der Waals surface area contributed by atoms with Crippen molar-refractivity contribution in [3.63, 3.8) is 0 Å². The molecule has 2 unspecified atom stereocenters. The van der Waals surface area contributed by atoms with Gasteiger partial charge in [0, 0.05) is 30.8 Å². The molecule has 0 radical (unpaired) electrons. The van der Waals surface area contributed by atoms with Crippen LogP contribution in [-0.4, -0.2) is 23.2 Å². The van der Waals surface area contributed by atoms with Gasteiger partial charge in [0.15, 0.2) is 0 Å². The second-order valence-electron chi connectivity index (χ2n) is 6.69. The van der Waals surface area contributed by atoms with Crippen LogP contribution < -0.4 is 10.6 Å². The molecule has 1 heterocycles. The van der Waals surface area contributed by atoms with Crippen molar-refractivity contribution < 1.29 is 4.79 Å². The van der Waals surface area contributed by atoms with Crippen molar-refractivity contribution in [1.82, 2.24) is 15.2 Å². The lowest BCUT2D eigenvalue weighted by atomic mass is 9.86. The summed E-state index contributed by atoms with van der Waals surface area (Å²) in [5.74, 6) is 0.598. The molecule has 1 fully saturated rings. The van der Waals surface area contributed by atoms with Crippen LogP contribution in [0.15, 0.2) is 36.5 Å². The van der Waals surface area contributed by atoms with Gasteiger partial charge >= 0.3 is 6.03 Å². The molecule has 3 rings (SSSR count). The Kier molecular flexibility index (Phi) is 5.21. The van der Waals surface area contributed by atoms with E-state index in [0.29, 0.717) is 18.5 Å². The van der Waals surface area contributed by atoms with Crippen LogP contribution in [0.1, 0.15) is 39.0 Å². The van der Waals surface area contributed by atoms with E-state index < -0.39 is 0 Å². The number of urea groups is 1. The molecule has 1 saturated carbocycles. The predicted octanol–water partition coefficient (Wildman–Crippen LogP) is 3.91. The summed E-state index contributed by atoms with van der Waals surface area (Å²) >= 11 is 0. The number of nitrogens with one attached hydrogen (secondary N) is 2. The average molecular weight is 313 g/mol. The van der Waals surface area contributed by atoms with Crippen LogP contribution in [0.5, 0.6) is 0 Å². The number of carbonyl (C=O) groups is 1. The minimum atomic E-state index is -0.0129. The molecule has 1 aromatic heterocycles. The third kappa shape index (κ3) is 4.06. The van der Waals surface area contributed by atoms with Crippen LogP contribution in [0.2, 0.25) is 0 Å². The monoisotopic (exact) mass is 313 g/mol. The Bertz CT molecular complexity index is 649. The lowest BCUT2D eigenvalue weighted by molar-refractivity contribution is 0.221. The highest BCUT2D eigenvalue weighted by Crippen LogP contribution is 2.23. The summed E-state index contributed by atoms with van der Waals surface area (Å²) in [6, 6.07) is 10.9. The van der Waals surface area contributed by atoms with E-state index in [4.69, 9.17) is 0 Å². The molecule has 1 aliphatic rings. The summed E-state index contributed by atoms with van der Waals surface area (Å²) in [6.45, 7) is 3.87. The van der Waals surface area contributed by atoms with Gasteiger partial charge in [0.25, 0.3) is 0 Å². The third-order valence-electron chi connectivity index (χ3n) is 4.97. The summed E-state index contributed by atoms with van der Waals surface area (Å²) in [6.07, 6.45) is 7.93. The molecule has 2 N–H and O–H groups in total. The molecule has 2 amide bonds. The van der Waals surface area contributed by atoms with Crippen molar-refractivity contribution >= 4 is 16.9 Å². The third-order valence-corrected chi connectivity index (χ3v) is 4.97. The van der Waals surface area contributed by atoms with Crippen molar-refractivity contribution in [2.75, 3.05) is 6.54 Å². The molecular weight excluding hydrogens is 286 g/mol. The van der Waals surface area contributed by atoms with Crippen molar-refractivity contribution in [2.24, 2.45) is 5.92 Å². The Morgan fingerprint density at radius 2 is 2.04 bits per heavy atom. The van der Waals surface area contributed by atoms with Gasteiger partial charge in [0.05, 0.1) is 0 Å². The predicted molar refractivity (Wildman–Crippen MR) is 94.5 cm³/mol. The first-order valence-electron chi connectivity index (χ1n) is 8.82. The molecule has 124 valence electrons. The first-order chi connectivity index (χ1) is 11.2. The zero-order valence-corrected chi connectivity index (χ0v) is 13.9. The second-order valence-corrected chi connectivity index (χ2v) is 6.69. The van der Waals surface area contributed by atoms with Crippen molar-refractivity contribution in [1.29, 1.82) is 0 Å². The Morgan fingerprint density at radius 3 is 2.91 bits per heavy atom. The van der Waals surface area contributed by atoms with E-state index in [1.54, 1.807) is 0 Å². The number of aromatic nitrogens is 1. The Labute approximate surface area is 138 Å². The highest BCUT2D eigenvalue weighted by atomic mass is 16.2. The van der Waals surface area contributed by atoms with Crippen LogP contribution in [-0.2, 0) is 6.54 Å². The Morgan fingerprint density at radius 1 is 1.22 bits per heavy atom. The van der Waals surface area contributed by atoms with Crippen molar-refractivity contribution in [2.45, 2.75) is 51.6 Å². The summed E-state index contributed by atoms with van der Waals surface area (Å²) in [4.78, 5) is 12.0. The number of carbonyl (C=O) groups excluding carboxylic acids is 1. The van der Waals surface area contributed by atoms with Gasteiger partial charge in [0.1, 0.15) is 0 Å². The number of nitrogens with zero attached hydrogens (tertiary/aromatic N) is 1. The second kappa shape index (κ2) is 7.53. The van der Waals surface area contributed by atoms with Crippen molar-refractivity contribution in [3.05, 3.63) is 36.5 Å². The summed E-state index contributed by atoms with van der Waals surface area (Å²) < 4.78 is 2.25. The minimum Gasteiger partial charge on any atom is -0.347 e. The fourth-order valence-electron chi connectivity index (χ4n) is 3.54. The van der Waals surface area contributed by atoms with Gasteiger partial charge in [-0.3, -0.25) is 0 Å². The topological polar surface area (TPSA) is 46.1 Å². The standard InChI is InChI=1S/C19H27N3O/c1-15-7-2-4-9-17(15)21-19(23)20-12-6-13-22-14-11-16-8-3-5-10-18(16)22/h3,5,8,10-11,14-15,17H,2,4,6-7,9,12-13H2,1H3,(H2,20,21,23). The van der Waals surface area contributed by atoms with E-state index in [9.17, 15) is 4.79 Å². The van der Waals surface area contributed by atoms with E-state index in [2.05, 4.69) is 58.7 Å². The molecule has 0 aliphatic heterocycles. The fourth-order valence-corrected chi connectivity index (χ4v) is 3.54. The molecule has 0 bridgehead atoms. The number of fused-ring (bicyclic) bond motifs is 1. The van der Waals surface area contributed by atoms with Gasteiger partial charge in [-0.25, -0.2) is 4.79 Å². The van der Waals surface area contributed by atoms with E-state index in [-0.39, 0.29) is 6.03 Å². The molecule has 23 heavy (non-hydrogen) atoms. The van der Waals surface area contributed by atoms with Gasteiger partial charge in [-0.05, 0) is 42.7 Å². The molecular formula is C19H27N3O. The van der Waals surface area contributed by atoms with Crippen LogP contribution in [0.3, 0.4) is 0 Å². The van der Waals surface area contributed by atoms with E-state index in [0.717, 1.165) is 19.4 Å². The number of hydrogen-bond donors (Lipinski definition) is 2. The maximum Gasteiger partial charge on any atom is 0.315 e. The van der Waals surface area contributed by atoms with Gasteiger partial charge in [-0.15, -0.1) is 0 Å². The number of rotatable bonds is 5. The van der Waals surface area contributed by atoms with Crippen LogP contribution in [0, 0.1) is 5.92 Å². The largest absolute Gasteiger partial charge is 0.347 e. The molecule has 0 spiro atoms. The number of benzene rings is 1. The number of hydrogen-bond acceptors (Lipinski definition) is 1. The van der Waals surface area contributed by atoms with Gasteiger partial charge in [-0.2, -0.15) is 0 Å². The quantitative estimate of drug-likeness (QED) is 0.808. The minimum absolute atomic E-state index is 0.0129. The summed E-state index contributed by atoms with van der Waals surface area (Å²) in [5.41, 5.74) is 1.26. The van der Waals surface area contributed by atoms with Crippen LogP contribution >= 0.6 is 0 Å². The molecule has 2 atom stereocenters. The fraction of sp³-hybridized carbons (Fsp3) is 0.526. The lowest BCUT2D eigenvalue weighted by Gasteiger charge is -2.29. The number of amides is 2. The van der Waals surface area contributed by atoms with Gasteiger partial charge < -0.3 is 15.2 Å². The summed E-state index contributed by atoms with van der Waals surface area (Å²) in [7, 11) is 0. The Hall–Kier alpha value is -1.97. The SMILES string of the molecule is CC1CCCCC1NC(=O)NCCCn1ccc2ccccc21. The van der Waals surface area contributed by atoms with E-state index >= 15 is 0 Å². The van der Waals surface area contributed by atoms with Gasteiger partial charge in [-0.1, -0.05) is 38.0 Å². The highest BCUT2D eigenvalue weighted by molar-refractivity contribution is 5.79. The molecule has 4 nitrogen and oxygen atoms in total. The zero-order chi connectivity index (χ0) is 16.1. The lowest BCUT2D eigenvalue weighted by Crippen LogP contribution is -2.46. The normalized spacial score (nSPS) is 21.3. The molecule has 0 saturated heterocycles. The van der Waals surface area contributed by atoms with E-state index in [1.807, 2.05) is 0 Å². The molecule has 1 aromatic carbocycles. The smallest absolute Gasteiger partial charge is 0.315 e. The molecule has 2 aromatic rings. The van der Waals surface area contributed by atoms with Crippen LogP contribution in [0.25, 0.3) is 10.9 Å².